The van der Waals surface area contributed by atoms with Gasteiger partial charge in [-0.1, -0.05) is 59.7 Å². The lowest BCUT2D eigenvalue weighted by molar-refractivity contribution is 0.0362. The highest BCUT2D eigenvalue weighted by Gasteiger charge is 2.55. The average molecular weight is 539 g/mol. The van der Waals surface area contributed by atoms with Gasteiger partial charge in [0.25, 0.3) is 10.0 Å². The zero-order chi connectivity index (χ0) is 26.6. The number of hydrazone groups is 1. The Morgan fingerprint density at radius 1 is 0.730 bits per heavy atom. The third kappa shape index (κ3) is 4.22. The standard InChI is InChI=1S/C27H30N4O4S2/c1-20-9-13-23(14-10-20)36(32,33)29-17-18-30-26(25-8-6-5-7-22(25)3)28-31(27(30,4)19-29)37(34,35)24-15-11-21(2)12-16-24/h5-16H,17-19H2,1-4H3. The third-order valence-electron chi connectivity index (χ3n) is 7.07. The van der Waals surface area contributed by atoms with Crippen molar-refractivity contribution >= 4 is 25.9 Å². The SMILES string of the molecule is Cc1ccc(S(=O)(=O)N2CCN3C(c4ccccc4C)=NN(S(=O)(=O)c4ccc(C)cc4)C3(C)C2)cc1. The molecule has 1 atom stereocenters. The summed E-state index contributed by atoms with van der Waals surface area (Å²) in [5.74, 6) is 0.517. The lowest BCUT2D eigenvalue weighted by Gasteiger charge is -2.47. The molecule has 2 aliphatic rings. The van der Waals surface area contributed by atoms with Gasteiger partial charge in [0.1, 0.15) is 0 Å². The van der Waals surface area contributed by atoms with Gasteiger partial charge in [0.15, 0.2) is 11.5 Å². The highest BCUT2D eigenvalue weighted by Crippen LogP contribution is 2.39. The van der Waals surface area contributed by atoms with Crippen LogP contribution in [0, 0.1) is 20.8 Å². The van der Waals surface area contributed by atoms with Gasteiger partial charge in [-0.25, -0.2) is 8.42 Å². The molecule has 10 heteroatoms. The number of sulfonamides is 2. The highest BCUT2D eigenvalue weighted by molar-refractivity contribution is 7.89. The van der Waals surface area contributed by atoms with Gasteiger partial charge in [-0.05, 0) is 57.5 Å². The second-order valence-corrected chi connectivity index (χ2v) is 13.5. The van der Waals surface area contributed by atoms with Crippen molar-refractivity contribution < 1.29 is 16.8 Å². The third-order valence-corrected chi connectivity index (χ3v) is 10.7. The fraction of sp³-hybridized carbons (Fsp3) is 0.296. The Hall–Kier alpha value is -3.21. The van der Waals surface area contributed by atoms with Crippen molar-refractivity contribution in [3.05, 3.63) is 95.1 Å². The maximum Gasteiger partial charge on any atom is 0.281 e. The molecule has 0 saturated carbocycles. The lowest BCUT2D eigenvalue weighted by atomic mass is 10.0. The molecule has 0 bridgehead atoms. The van der Waals surface area contributed by atoms with Crippen molar-refractivity contribution in [2.24, 2.45) is 5.10 Å². The summed E-state index contributed by atoms with van der Waals surface area (Å²) in [5, 5.41) is 4.67. The Morgan fingerprint density at radius 2 is 1.27 bits per heavy atom. The summed E-state index contributed by atoms with van der Waals surface area (Å²) in [6.07, 6.45) is 0. The summed E-state index contributed by atoms with van der Waals surface area (Å²) < 4.78 is 57.6. The minimum absolute atomic E-state index is 0.0762. The molecular formula is C27H30N4O4S2. The molecule has 0 aliphatic carbocycles. The molecule has 37 heavy (non-hydrogen) atoms. The van der Waals surface area contributed by atoms with Crippen LogP contribution in [-0.2, 0) is 20.0 Å². The van der Waals surface area contributed by atoms with Crippen LogP contribution in [0.2, 0.25) is 0 Å². The number of nitrogens with zero attached hydrogens (tertiary/aromatic N) is 4. The van der Waals surface area contributed by atoms with E-state index in [-0.39, 0.29) is 29.4 Å². The highest BCUT2D eigenvalue weighted by atomic mass is 32.2. The minimum atomic E-state index is -4.09. The van der Waals surface area contributed by atoms with Gasteiger partial charge in [0.2, 0.25) is 10.0 Å². The number of amidine groups is 1. The number of piperazine rings is 1. The van der Waals surface area contributed by atoms with Crippen molar-refractivity contribution in [2.75, 3.05) is 19.6 Å². The molecule has 0 N–H and O–H groups in total. The molecule has 0 aromatic heterocycles. The molecule has 0 amide bonds. The van der Waals surface area contributed by atoms with E-state index in [0.29, 0.717) is 5.84 Å². The van der Waals surface area contributed by atoms with Crippen LogP contribution in [-0.4, -0.2) is 61.6 Å². The summed E-state index contributed by atoms with van der Waals surface area (Å²) in [6, 6.07) is 20.9. The second kappa shape index (κ2) is 8.97. The number of aryl methyl sites for hydroxylation is 3. The molecule has 3 aromatic rings. The maximum atomic E-state index is 14.0. The van der Waals surface area contributed by atoms with Crippen LogP contribution >= 0.6 is 0 Å². The van der Waals surface area contributed by atoms with Gasteiger partial charge in [0.05, 0.1) is 16.3 Å². The minimum Gasteiger partial charge on any atom is -0.327 e. The molecule has 2 aliphatic heterocycles. The topological polar surface area (TPSA) is 90.4 Å². The number of fused-ring (bicyclic) bond motifs is 1. The van der Waals surface area contributed by atoms with Crippen LogP contribution in [0.1, 0.15) is 29.2 Å². The first-order valence-electron chi connectivity index (χ1n) is 12.1. The van der Waals surface area contributed by atoms with Crippen LogP contribution in [0.3, 0.4) is 0 Å². The summed E-state index contributed by atoms with van der Waals surface area (Å²) in [4.78, 5) is 2.20. The zero-order valence-corrected chi connectivity index (χ0v) is 22.9. The lowest BCUT2D eigenvalue weighted by Crippen LogP contribution is -2.66. The second-order valence-electron chi connectivity index (χ2n) is 9.82. The molecule has 1 saturated heterocycles. The van der Waals surface area contributed by atoms with E-state index in [0.717, 1.165) is 26.7 Å². The van der Waals surface area contributed by atoms with Gasteiger partial charge >= 0.3 is 0 Å². The Kier molecular flexibility index (Phi) is 6.17. The van der Waals surface area contributed by atoms with Crippen molar-refractivity contribution in [2.45, 2.75) is 43.1 Å². The first-order valence-corrected chi connectivity index (χ1v) is 14.9. The maximum absolute atomic E-state index is 14.0. The molecule has 2 heterocycles. The normalized spacial score (nSPS) is 20.6. The molecule has 0 spiro atoms. The average Bonchev–Trinajstić information content (AvgIpc) is 3.18. The monoisotopic (exact) mass is 538 g/mol. The Balaban J connectivity index is 1.61. The molecule has 194 valence electrons. The van der Waals surface area contributed by atoms with E-state index < -0.39 is 25.7 Å². The Labute approximate surface area is 218 Å². The molecule has 3 aromatic carbocycles. The molecule has 0 radical (unpaired) electrons. The Bertz CT molecular complexity index is 1580. The summed E-state index contributed by atoms with van der Waals surface area (Å²) in [6.45, 7) is 7.89. The van der Waals surface area contributed by atoms with E-state index in [9.17, 15) is 16.8 Å². The number of rotatable bonds is 5. The smallest absolute Gasteiger partial charge is 0.281 e. The van der Waals surface area contributed by atoms with E-state index in [1.165, 1.54) is 4.31 Å². The van der Waals surface area contributed by atoms with Gasteiger partial charge in [-0.3, -0.25) is 0 Å². The number of benzene rings is 3. The van der Waals surface area contributed by atoms with Crippen molar-refractivity contribution in [1.29, 1.82) is 0 Å². The van der Waals surface area contributed by atoms with Crippen LogP contribution in [0.5, 0.6) is 0 Å². The van der Waals surface area contributed by atoms with E-state index in [1.807, 2.05) is 49.9 Å². The quantitative estimate of drug-likeness (QED) is 0.494. The predicted octanol–water partition coefficient (Wildman–Crippen LogP) is 3.70. The molecule has 1 fully saturated rings. The van der Waals surface area contributed by atoms with Crippen molar-refractivity contribution in [3.8, 4) is 0 Å². The van der Waals surface area contributed by atoms with Gasteiger partial charge in [0, 0.05) is 18.7 Å². The largest absolute Gasteiger partial charge is 0.327 e. The van der Waals surface area contributed by atoms with Crippen molar-refractivity contribution in [3.63, 3.8) is 0 Å². The van der Waals surface area contributed by atoms with E-state index in [2.05, 4.69) is 5.10 Å². The van der Waals surface area contributed by atoms with Crippen LogP contribution in [0.15, 0.2) is 87.7 Å². The molecular weight excluding hydrogens is 508 g/mol. The van der Waals surface area contributed by atoms with Crippen LogP contribution in [0.25, 0.3) is 0 Å². The van der Waals surface area contributed by atoms with E-state index >= 15 is 0 Å². The fourth-order valence-electron chi connectivity index (χ4n) is 4.91. The van der Waals surface area contributed by atoms with E-state index in [4.69, 9.17) is 0 Å². The van der Waals surface area contributed by atoms with Gasteiger partial charge in [-0.15, -0.1) is 5.10 Å². The fourth-order valence-corrected chi connectivity index (χ4v) is 7.96. The van der Waals surface area contributed by atoms with Crippen LogP contribution in [0.4, 0.5) is 0 Å². The zero-order valence-electron chi connectivity index (χ0n) is 21.3. The van der Waals surface area contributed by atoms with Crippen molar-refractivity contribution in [1.82, 2.24) is 13.6 Å². The first kappa shape index (κ1) is 25.4. The molecule has 5 rings (SSSR count). The summed E-state index contributed by atoms with van der Waals surface area (Å²) >= 11 is 0. The molecule has 8 nitrogen and oxygen atoms in total. The number of hydrogen-bond acceptors (Lipinski definition) is 6. The first-order chi connectivity index (χ1) is 17.4. The Morgan fingerprint density at radius 3 is 1.84 bits per heavy atom. The van der Waals surface area contributed by atoms with Crippen LogP contribution < -0.4 is 0 Å². The summed E-state index contributed by atoms with van der Waals surface area (Å²) in [5.41, 5.74) is 2.39. The van der Waals surface area contributed by atoms with Gasteiger partial charge in [-0.2, -0.15) is 17.1 Å². The molecule has 1 unspecified atom stereocenters. The summed E-state index contributed by atoms with van der Waals surface area (Å²) in [7, 11) is -7.95. The number of hydrogen-bond donors (Lipinski definition) is 0. The predicted molar refractivity (Wildman–Crippen MR) is 143 cm³/mol. The van der Waals surface area contributed by atoms with E-state index in [1.54, 1.807) is 55.5 Å². The van der Waals surface area contributed by atoms with Gasteiger partial charge < -0.3 is 4.90 Å².